The Labute approximate surface area is 134 Å². The van der Waals surface area contributed by atoms with Crippen LogP contribution < -0.4 is 15.2 Å². The Morgan fingerprint density at radius 2 is 2.00 bits per heavy atom. The van der Waals surface area contributed by atoms with Crippen molar-refractivity contribution in [1.29, 1.82) is 5.26 Å². The maximum Gasteiger partial charge on any atom is 0.205 e. The van der Waals surface area contributed by atoms with Crippen LogP contribution in [0.4, 0.5) is 0 Å². The predicted octanol–water partition coefficient (Wildman–Crippen LogP) is 3.01. The lowest BCUT2D eigenvalue weighted by Crippen LogP contribution is -2.20. The number of hydrogen-bond donors (Lipinski definition) is 2. The molecule has 0 aliphatic carbocycles. The van der Waals surface area contributed by atoms with Gasteiger partial charge in [0.25, 0.3) is 0 Å². The molecule has 0 fully saturated rings. The van der Waals surface area contributed by atoms with Gasteiger partial charge >= 0.3 is 0 Å². The number of phenolic OH excluding ortho intramolecular Hbond substituents is 1. The number of phenols is 1. The normalized spacial score (nSPS) is 16.3. The monoisotopic (exact) mass is 308 g/mol. The molecule has 0 aromatic heterocycles. The van der Waals surface area contributed by atoms with Gasteiger partial charge in [-0.3, -0.25) is 0 Å². The summed E-state index contributed by atoms with van der Waals surface area (Å²) in [6.45, 7) is 2.51. The fourth-order valence-electron chi connectivity index (χ4n) is 2.71. The Balaban J connectivity index is 2.11. The number of fused-ring (bicyclic) bond motifs is 1. The van der Waals surface area contributed by atoms with Gasteiger partial charge in [-0.1, -0.05) is 12.1 Å². The first-order chi connectivity index (χ1) is 11.1. The summed E-state index contributed by atoms with van der Waals surface area (Å²) < 4.78 is 10.9. The lowest BCUT2D eigenvalue weighted by Gasteiger charge is -2.26. The van der Waals surface area contributed by atoms with Crippen molar-refractivity contribution < 1.29 is 14.6 Å². The minimum atomic E-state index is -0.383. The van der Waals surface area contributed by atoms with Crippen LogP contribution in [-0.4, -0.2) is 11.7 Å². The third-order valence-electron chi connectivity index (χ3n) is 3.72. The minimum absolute atomic E-state index is 0.0876. The fourth-order valence-corrected chi connectivity index (χ4v) is 2.71. The van der Waals surface area contributed by atoms with Gasteiger partial charge in [-0.05, 0) is 42.8 Å². The van der Waals surface area contributed by atoms with Gasteiger partial charge in [0.05, 0.1) is 12.5 Å². The molecule has 1 heterocycles. The van der Waals surface area contributed by atoms with E-state index in [1.165, 1.54) is 6.07 Å². The van der Waals surface area contributed by atoms with E-state index in [2.05, 4.69) is 6.07 Å². The predicted molar refractivity (Wildman–Crippen MR) is 85.0 cm³/mol. The zero-order valence-corrected chi connectivity index (χ0v) is 12.6. The van der Waals surface area contributed by atoms with Crippen molar-refractivity contribution >= 4 is 0 Å². The third kappa shape index (κ3) is 2.67. The lowest BCUT2D eigenvalue weighted by molar-refractivity contribution is 0.340. The van der Waals surface area contributed by atoms with E-state index in [1.54, 1.807) is 12.1 Å². The second-order valence-corrected chi connectivity index (χ2v) is 5.15. The fraction of sp³-hybridized carbons (Fsp3) is 0.167. The van der Waals surface area contributed by atoms with Crippen molar-refractivity contribution in [3.05, 3.63) is 65.0 Å². The van der Waals surface area contributed by atoms with E-state index in [0.29, 0.717) is 23.5 Å². The van der Waals surface area contributed by atoms with Crippen LogP contribution in [0.2, 0.25) is 0 Å². The van der Waals surface area contributed by atoms with Crippen LogP contribution in [0.25, 0.3) is 0 Å². The first-order valence-corrected chi connectivity index (χ1v) is 7.27. The van der Waals surface area contributed by atoms with Crippen LogP contribution >= 0.6 is 0 Å². The largest absolute Gasteiger partial charge is 0.508 e. The molecule has 5 heteroatoms. The number of aromatic hydroxyl groups is 1. The number of nitrogens with two attached hydrogens (primary N) is 1. The second-order valence-electron chi connectivity index (χ2n) is 5.15. The van der Waals surface area contributed by atoms with Gasteiger partial charge in [0, 0.05) is 5.56 Å². The summed E-state index contributed by atoms with van der Waals surface area (Å²) in [5.41, 5.74) is 7.81. The molecule has 2 aromatic carbocycles. The van der Waals surface area contributed by atoms with E-state index in [1.807, 2.05) is 31.2 Å². The van der Waals surface area contributed by atoms with E-state index >= 15 is 0 Å². The molecule has 0 radical (unpaired) electrons. The molecular weight excluding hydrogens is 292 g/mol. The first-order valence-electron chi connectivity index (χ1n) is 7.27. The quantitative estimate of drug-likeness (QED) is 0.910. The van der Waals surface area contributed by atoms with Gasteiger partial charge in [-0.25, -0.2) is 0 Å². The third-order valence-corrected chi connectivity index (χ3v) is 3.72. The Morgan fingerprint density at radius 3 is 2.65 bits per heavy atom. The summed E-state index contributed by atoms with van der Waals surface area (Å²) in [5.74, 6) is 1.12. The van der Waals surface area contributed by atoms with E-state index < -0.39 is 0 Å². The molecule has 2 aromatic rings. The van der Waals surface area contributed by atoms with E-state index in [9.17, 15) is 10.4 Å². The van der Waals surface area contributed by atoms with Crippen LogP contribution in [0.1, 0.15) is 24.0 Å². The summed E-state index contributed by atoms with van der Waals surface area (Å²) in [7, 11) is 0. The van der Waals surface area contributed by atoms with Crippen LogP contribution in [-0.2, 0) is 0 Å². The highest BCUT2D eigenvalue weighted by Crippen LogP contribution is 2.43. The highest BCUT2D eigenvalue weighted by molar-refractivity contribution is 5.57. The van der Waals surface area contributed by atoms with Gasteiger partial charge in [-0.15, -0.1) is 0 Å². The number of nitriles is 1. The molecule has 5 nitrogen and oxygen atoms in total. The van der Waals surface area contributed by atoms with Crippen molar-refractivity contribution in [2.75, 3.05) is 6.61 Å². The Hall–Kier alpha value is -3.13. The average molecular weight is 308 g/mol. The summed E-state index contributed by atoms with van der Waals surface area (Å²) in [5, 5.41) is 19.3. The first kappa shape index (κ1) is 14.8. The smallest absolute Gasteiger partial charge is 0.205 e. The summed E-state index contributed by atoms with van der Waals surface area (Å²) in [6, 6.07) is 14.4. The zero-order valence-electron chi connectivity index (χ0n) is 12.6. The molecule has 1 unspecified atom stereocenters. The topological polar surface area (TPSA) is 88.5 Å². The van der Waals surface area contributed by atoms with Crippen LogP contribution in [0.5, 0.6) is 17.2 Å². The van der Waals surface area contributed by atoms with Crippen molar-refractivity contribution in [2.45, 2.75) is 12.8 Å². The molecule has 0 bridgehead atoms. The average Bonchev–Trinajstić information content (AvgIpc) is 2.55. The molecule has 1 aliphatic heterocycles. The number of benzene rings is 2. The molecule has 1 atom stereocenters. The van der Waals surface area contributed by atoms with Crippen molar-refractivity contribution in [3.8, 4) is 23.3 Å². The molecule has 116 valence electrons. The Bertz CT molecular complexity index is 804. The number of hydrogen-bond acceptors (Lipinski definition) is 5. The van der Waals surface area contributed by atoms with Crippen molar-refractivity contribution in [3.63, 3.8) is 0 Å². The number of ether oxygens (including phenoxy) is 2. The zero-order chi connectivity index (χ0) is 16.4. The Morgan fingerprint density at radius 1 is 1.26 bits per heavy atom. The van der Waals surface area contributed by atoms with Crippen molar-refractivity contribution in [2.24, 2.45) is 5.73 Å². The highest BCUT2D eigenvalue weighted by atomic mass is 16.5. The number of rotatable bonds is 3. The SMILES string of the molecule is CCOc1ccc(C2C(C#N)=C(N)Oc3ccc(O)cc32)cc1. The Kier molecular flexibility index (Phi) is 3.82. The number of nitrogens with zero attached hydrogens (tertiary/aromatic N) is 1. The molecule has 0 saturated carbocycles. The molecular formula is C18H16N2O3. The molecule has 0 spiro atoms. The standard InChI is InChI=1S/C18H16N2O3/c1-2-22-13-6-3-11(4-7-13)17-14-9-12(21)5-8-16(14)23-18(20)15(17)10-19/h3-9,17,21H,2,20H2,1H3. The van der Waals surface area contributed by atoms with E-state index in [0.717, 1.165) is 11.3 Å². The van der Waals surface area contributed by atoms with Gasteiger partial charge in [0.2, 0.25) is 5.88 Å². The van der Waals surface area contributed by atoms with Gasteiger partial charge in [0.1, 0.15) is 28.9 Å². The maximum atomic E-state index is 9.79. The van der Waals surface area contributed by atoms with Crippen LogP contribution in [0.3, 0.4) is 0 Å². The minimum Gasteiger partial charge on any atom is -0.508 e. The molecule has 3 rings (SSSR count). The summed E-state index contributed by atoms with van der Waals surface area (Å²) >= 11 is 0. The lowest BCUT2D eigenvalue weighted by atomic mass is 9.83. The summed E-state index contributed by atoms with van der Waals surface area (Å²) in [6.07, 6.45) is 0. The molecule has 1 aliphatic rings. The van der Waals surface area contributed by atoms with Crippen LogP contribution in [0, 0.1) is 11.3 Å². The van der Waals surface area contributed by atoms with Gasteiger partial charge < -0.3 is 20.3 Å². The van der Waals surface area contributed by atoms with Gasteiger partial charge in [0.15, 0.2) is 0 Å². The molecule has 0 saturated heterocycles. The van der Waals surface area contributed by atoms with Gasteiger partial charge in [-0.2, -0.15) is 5.26 Å². The molecule has 3 N–H and O–H groups in total. The summed E-state index contributed by atoms with van der Waals surface area (Å²) in [4.78, 5) is 0. The van der Waals surface area contributed by atoms with E-state index in [4.69, 9.17) is 15.2 Å². The highest BCUT2D eigenvalue weighted by Gasteiger charge is 2.30. The van der Waals surface area contributed by atoms with Crippen LogP contribution in [0.15, 0.2) is 53.9 Å². The number of allylic oxidation sites excluding steroid dienone is 1. The molecule has 23 heavy (non-hydrogen) atoms. The van der Waals surface area contributed by atoms with Crippen molar-refractivity contribution in [1.82, 2.24) is 0 Å². The second kappa shape index (κ2) is 5.93. The van der Waals surface area contributed by atoms with E-state index in [-0.39, 0.29) is 17.6 Å². The maximum absolute atomic E-state index is 9.79. The molecule has 0 amide bonds.